The number of nitrogens with one attached hydrogen (secondary N) is 1. The van der Waals surface area contributed by atoms with Gasteiger partial charge in [0.1, 0.15) is 5.69 Å². The van der Waals surface area contributed by atoms with Crippen molar-refractivity contribution in [2.24, 2.45) is 0 Å². The van der Waals surface area contributed by atoms with E-state index in [4.69, 9.17) is 11.6 Å². The van der Waals surface area contributed by atoms with Gasteiger partial charge in [0.15, 0.2) is 0 Å². The first-order valence-corrected chi connectivity index (χ1v) is 8.98. The lowest BCUT2D eigenvalue weighted by Crippen LogP contribution is -2.26. The molecular formula is C19H17ClN2OS. The monoisotopic (exact) mass is 356 g/mol. The highest BCUT2D eigenvalue weighted by atomic mass is 35.5. The summed E-state index contributed by atoms with van der Waals surface area (Å²) >= 11 is 7.63. The summed E-state index contributed by atoms with van der Waals surface area (Å²) in [5.74, 6) is -0.141. The highest BCUT2D eigenvalue weighted by molar-refractivity contribution is 7.09. The molecule has 3 rings (SSSR count). The molecule has 5 heteroatoms. The van der Waals surface area contributed by atoms with Gasteiger partial charge in [-0.2, -0.15) is 0 Å². The Morgan fingerprint density at radius 1 is 1.08 bits per heavy atom. The molecule has 3 nitrogen and oxygen atoms in total. The number of thiazole rings is 1. The van der Waals surface area contributed by atoms with E-state index in [0.717, 1.165) is 22.0 Å². The molecule has 24 heavy (non-hydrogen) atoms. The number of hydrogen-bond acceptors (Lipinski definition) is 3. The number of nitrogens with zero attached hydrogens (tertiary/aromatic N) is 1. The summed E-state index contributed by atoms with van der Waals surface area (Å²) in [4.78, 5) is 16.6. The molecule has 0 bridgehead atoms. The number of benzene rings is 2. The Labute approximate surface area is 150 Å². The fourth-order valence-corrected chi connectivity index (χ4v) is 3.41. The second-order valence-corrected chi connectivity index (χ2v) is 6.74. The summed E-state index contributed by atoms with van der Waals surface area (Å²) in [6.45, 7) is 0.536. The SMILES string of the molecule is O=C(NCCc1ccccc1Cl)c1csc(Cc2ccccc2)n1. The van der Waals surface area contributed by atoms with Gasteiger partial charge in [0.05, 0.1) is 5.01 Å². The van der Waals surface area contributed by atoms with Crippen LogP contribution in [0, 0.1) is 0 Å². The molecule has 0 spiro atoms. The predicted molar refractivity (Wildman–Crippen MR) is 98.9 cm³/mol. The van der Waals surface area contributed by atoms with Gasteiger partial charge in [0, 0.05) is 23.4 Å². The maximum Gasteiger partial charge on any atom is 0.270 e. The van der Waals surface area contributed by atoms with E-state index in [-0.39, 0.29) is 5.91 Å². The van der Waals surface area contributed by atoms with Crippen molar-refractivity contribution in [1.29, 1.82) is 0 Å². The quantitative estimate of drug-likeness (QED) is 0.713. The second-order valence-electron chi connectivity index (χ2n) is 5.39. The van der Waals surface area contributed by atoms with E-state index in [2.05, 4.69) is 22.4 Å². The molecule has 1 aromatic heterocycles. The lowest BCUT2D eigenvalue weighted by Gasteiger charge is -2.05. The smallest absolute Gasteiger partial charge is 0.270 e. The Bertz CT molecular complexity index is 817. The van der Waals surface area contributed by atoms with Crippen LogP contribution in [0.15, 0.2) is 60.0 Å². The lowest BCUT2D eigenvalue weighted by molar-refractivity contribution is 0.0949. The zero-order valence-corrected chi connectivity index (χ0v) is 14.6. The first kappa shape index (κ1) is 16.7. The van der Waals surface area contributed by atoms with Crippen molar-refractivity contribution < 1.29 is 4.79 Å². The molecule has 1 N–H and O–H groups in total. The summed E-state index contributed by atoms with van der Waals surface area (Å²) in [6.07, 6.45) is 1.45. The minimum Gasteiger partial charge on any atom is -0.350 e. The molecule has 0 aliphatic rings. The van der Waals surface area contributed by atoms with Crippen molar-refractivity contribution in [2.45, 2.75) is 12.8 Å². The topological polar surface area (TPSA) is 42.0 Å². The molecule has 122 valence electrons. The van der Waals surface area contributed by atoms with E-state index < -0.39 is 0 Å². The summed E-state index contributed by atoms with van der Waals surface area (Å²) in [7, 11) is 0. The van der Waals surface area contributed by atoms with Crippen LogP contribution in [0.1, 0.15) is 26.6 Å². The third-order valence-electron chi connectivity index (χ3n) is 3.62. The predicted octanol–water partition coefficient (Wildman–Crippen LogP) is 4.36. The molecule has 0 saturated heterocycles. The zero-order valence-electron chi connectivity index (χ0n) is 13.0. The summed E-state index contributed by atoms with van der Waals surface area (Å²) in [6, 6.07) is 17.8. The van der Waals surface area contributed by atoms with E-state index >= 15 is 0 Å². The number of halogens is 1. The minimum absolute atomic E-state index is 0.141. The van der Waals surface area contributed by atoms with Gasteiger partial charge < -0.3 is 5.32 Å². The Morgan fingerprint density at radius 2 is 1.83 bits per heavy atom. The molecule has 0 unspecified atom stereocenters. The third-order valence-corrected chi connectivity index (χ3v) is 4.84. The first-order chi connectivity index (χ1) is 11.7. The fourth-order valence-electron chi connectivity index (χ4n) is 2.37. The normalized spacial score (nSPS) is 10.5. The van der Waals surface area contributed by atoms with Crippen LogP contribution in [0.25, 0.3) is 0 Å². The zero-order chi connectivity index (χ0) is 16.8. The third kappa shape index (κ3) is 4.43. The van der Waals surface area contributed by atoms with Gasteiger partial charge in [-0.1, -0.05) is 60.1 Å². The molecule has 2 aromatic carbocycles. The summed E-state index contributed by atoms with van der Waals surface area (Å²) in [5, 5.41) is 6.38. The number of hydrogen-bond donors (Lipinski definition) is 1. The van der Waals surface area contributed by atoms with Crippen LogP contribution in [-0.2, 0) is 12.8 Å². The molecule has 1 amide bonds. The maximum absolute atomic E-state index is 12.2. The van der Waals surface area contributed by atoms with Crippen LogP contribution in [0.4, 0.5) is 0 Å². The number of aromatic nitrogens is 1. The number of rotatable bonds is 6. The van der Waals surface area contributed by atoms with Gasteiger partial charge in [-0.3, -0.25) is 4.79 Å². The molecule has 0 saturated carbocycles. The van der Waals surface area contributed by atoms with Crippen molar-refractivity contribution in [3.63, 3.8) is 0 Å². The Hall–Kier alpha value is -2.17. The fraction of sp³-hybridized carbons (Fsp3) is 0.158. The Balaban J connectivity index is 1.53. The van der Waals surface area contributed by atoms with Crippen molar-refractivity contribution in [2.75, 3.05) is 6.54 Å². The molecule has 0 fully saturated rings. The van der Waals surface area contributed by atoms with Crippen LogP contribution < -0.4 is 5.32 Å². The van der Waals surface area contributed by atoms with Gasteiger partial charge in [-0.15, -0.1) is 11.3 Å². The number of carbonyl (C=O) groups excluding carboxylic acids is 1. The van der Waals surface area contributed by atoms with E-state index in [0.29, 0.717) is 18.7 Å². The first-order valence-electron chi connectivity index (χ1n) is 7.72. The molecule has 0 radical (unpaired) electrons. The average Bonchev–Trinajstić information content (AvgIpc) is 3.06. The average molecular weight is 357 g/mol. The maximum atomic E-state index is 12.2. The van der Waals surface area contributed by atoms with Crippen LogP contribution in [0.3, 0.4) is 0 Å². The molecule has 0 aliphatic heterocycles. The minimum atomic E-state index is -0.141. The molecular weight excluding hydrogens is 340 g/mol. The van der Waals surface area contributed by atoms with Crippen LogP contribution in [-0.4, -0.2) is 17.4 Å². The van der Waals surface area contributed by atoms with E-state index in [1.165, 1.54) is 16.9 Å². The lowest BCUT2D eigenvalue weighted by atomic mass is 10.1. The van der Waals surface area contributed by atoms with Crippen molar-refractivity contribution >= 4 is 28.8 Å². The second kappa shape index (κ2) is 8.08. The Kier molecular flexibility index (Phi) is 5.62. The molecule has 0 atom stereocenters. The van der Waals surface area contributed by atoms with E-state index in [1.54, 1.807) is 0 Å². The highest BCUT2D eigenvalue weighted by Gasteiger charge is 2.11. The van der Waals surface area contributed by atoms with Crippen LogP contribution >= 0.6 is 22.9 Å². The van der Waals surface area contributed by atoms with Gasteiger partial charge >= 0.3 is 0 Å². The summed E-state index contributed by atoms with van der Waals surface area (Å²) < 4.78 is 0. The summed E-state index contributed by atoms with van der Waals surface area (Å²) in [5.41, 5.74) is 2.70. The number of carbonyl (C=O) groups is 1. The van der Waals surface area contributed by atoms with Gasteiger partial charge in [-0.05, 0) is 23.6 Å². The van der Waals surface area contributed by atoms with Gasteiger partial charge in [0.2, 0.25) is 0 Å². The van der Waals surface area contributed by atoms with Crippen LogP contribution in [0.5, 0.6) is 0 Å². The van der Waals surface area contributed by atoms with Crippen molar-refractivity contribution in [3.8, 4) is 0 Å². The molecule has 0 aliphatic carbocycles. The van der Waals surface area contributed by atoms with Gasteiger partial charge in [-0.25, -0.2) is 4.98 Å². The Morgan fingerprint density at radius 3 is 2.62 bits per heavy atom. The van der Waals surface area contributed by atoms with Crippen molar-refractivity contribution in [3.05, 3.63) is 86.8 Å². The molecule has 3 aromatic rings. The van der Waals surface area contributed by atoms with Gasteiger partial charge in [0.25, 0.3) is 5.91 Å². The number of amides is 1. The standard InChI is InChI=1S/C19H17ClN2OS/c20-16-9-5-4-8-15(16)10-11-21-19(23)17-13-24-18(22-17)12-14-6-2-1-3-7-14/h1-9,13H,10-12H2,(H,21,23). The van der Waals surface area contributed by atoms with E-state index in [1.807, 2.05) is 47.8 Å². The van der Waals surface area contributed by atoms with Crippen molar-refractivity contribution in [1.82, 2.24) is 10.3 Å². The highest BCUT2D eigenvalue weighted by Crippen LogP contribution is 2.16. The molecule has 1 heterocycles. The van der Waals surface area contributed by atoms with E-state index in [9.17, 15) is 4.79 Å². The van der Waals surface area contributed by atoms with Crippen LogP contribution in [0.2, 0.25) is 5.02 Å². The largest absolute Gasteiger partial charge is 0.350 e.